The molecule has 4 rings (SSSR count). The Balaban J connectivity index is 1.83. The molecular formula is C19H23N3O5S. The quantitative estimate of drug-likeness (QED) is 0.824. The molecule has 0 unspecified atom stereocenters. The maximum atomic E-state index is 13.2. The number of morpholine rings is 1. The second kappa shape index (κ2) is 7.65. The fraction of sp³-hybridized carbons (Fsp3) is 0.474. The maximum absolute atomic E-state index is 13.2. The number of aromatic amines is 1. The number of hydrogen-bond donors (Lipinski definition) is 1. The highest BCUT2D eigenvalue weighted by atomic mass is 32.2. The van der Waals surface area contributed by atoms with Crippen LogP contribution in [0.15, 0.2) is 27.9 Å². The number of sulfonamides is 1. The van der Waals surface area contributed by atoms with Crippen LogP contribution in [0.2, 0.25) is 0 Å². The zero-order valence-electron chi connectivity index (χ0n) is 15.7. The molecule has 1 aromatic heterocycles. The summed E-state index contributed by atoms with van der Waals surface area (Å²) < 4.78 is 38.4. The predicted molar refractivity (Wildman–Crippen MR) is 103 cm³/mol. The van der Waals surface area contributed by atoms with Crippen molar-refractivity contribution in [3.8, 4) is 17.0 Å². The van der Waals surface area contributed by atoms with Gasteiger partial charge in [-0.25, -0.2) is 13.5 Å². The molecule has 2 aliphatic rings. The topological polar surface area (TPSA) is 102 Å². The van der Waals surface area contributed by atoms with Crippen molar-refractivity contribution in [3.05, 3.63) is 39.7 Å². The third-order valence-corrected chi connectivity index (χ3v) is 7.24. The Morgan fingerprint density at radius 3 is 2.57 bits per heavy atom. The normalized spacial score (nSPS) is 17.9. The van der Waals surface area contributed by atoms with Crippen molar-refractivity contribution in [2.45, 2.75) is 30.6 Å². The number of benzene rings is 1. The molecule has 2 heterocycles. The average Bonchev–Trinajstić information content (AvgIpc) is 2.74. The van der Waals surface area contributed by atoms with Crippen molar-refractivity contribution in [2.24, 2.45) is 0 Å². The fourth-order valence-corrected chi connectivity index (χ4v) is 5.44. The molecule has 28 heavy (non-hydrogen) atoms. The SMILES string of the molecule is COc1ccc(-c2n[nH]c(=O)c3c2CCCC3)cc1S(=O)(=O)N1CCOCC1. The monoisotopic (exact) mass is 405 g/mol. The van der Waals surface area contributed by atoms with Gasteiger partial charge in [0.25, 0.3) is 5.56 Å². The second-order valence-corrected chi connectivity index (χ2v) is 8.85. The molecule has 0 bridgehead atoms. The van der Waals surface area contributed by atoms with Gasteiger partial charge in [-0.2, -0.15) is 9.40 Å². The van der Waals surface area contributed by atoms with Gasteiger partial charge in [0, 0.05) is 24.2 Å². The number of aromatic nitrogens is 2. The van der Waals surface area contributed by atoms with Gasteiger partial charge in [-0.05, 0) is 49.4 Å². The van der Waals surface area contributed by atoms with Crippen LogP contribution >= 0.6 is 0 Å². The van der Waals surface area contributed by atoms with Gasteiger partial charge in [0.05, 0.1) is 26.0 Å². The molecule has 0 radical (unpaired) electrons. The van der Waals surface area contributed by atoms with E-state index in [0.29, 0.717) is 37.6 Å². The standard InChI is InChI=1S/C19H23N3O5S/c1-26-16-7-6-13(12-17(16)28(24,25)22-8-10-27-11-9-22)18-14-4-2-3-5-15(14)19(23)21-20-18/h6-7,12H,2-5,8-11H2,1H3,(H,21,23). The lowest BCUT2D eigenvalue weighted by molar-refractivity contribution is 0.0729. The molecule has 1 aliphatic carbocycles. The minimum Gasteiger partial charge on any atom is -0.495 e. The Bertz CT molecular complexity index is 1040. The lowest BCUT2D eigenvalue weighted by atomic mass is 9.90. The zero-order valence-corrected chi connectivity index (χ0v) is 16.5. The summed E-state index contributed by atoms with van der Waals surface area (Å²) in [6.45, 7) is 1.36. The van der Waals surface area contributed by atoms with Gasteiger partial charge in [0.1, 0.15) is 10.6 Å². The number of nitrogens with one attached hydrogen (secondary N) is 1. The van der Waals surface area contributed by atoms with E-state index in [4.69, 9.17) is 9.47 Å². The highest BCUT2D eigenvalue weighted by Crippen LogP contribution is 2.34. The van der Waals surface area contributed by atoms with Gasteiger partial charge in [0.15, 0.2) is 0 Å². The van der Waals surface area contributed by atoms with E-state index in [1.165, 1.54) is 11.4 Å². The number of H-pyrrole nitrogens is 1. The molecule has 0 saturated carbocycles. The first kappa shape index (κ1) is 19.1. The summed E-state index contributed by atoms with van der Waals surface area (Å²) in [5.41, 5.74) is 2.80. The van der Waals surface area contributed by atoms with Crippen molar-refractivity contribution in [1.82, 2.24) is 14.5 Å². The van der Waals surface area contributed by atoms with Gasteiger partial charge >= 0.3 is 0 Å². The maximum Gasteiger partial charge on any atom is 0.267 e. The van der Waals surface area contributed by atoms with E-state index in [2.05, 4.69) is 10.2 Å². The van der Waals surface area contributed by atoms with E-state index >= 15 is 0 Å². The zero-order chi connectivity index (χ0) is 19.7. The largest absolute Gasteiger partial charge is 0.495 e. The Labute approximate surface area is 163 Å². The Kier molecular flexibility index (Phi) is 5.22. The van der Waals surface area contributed by atoms with Crippen LogP contribution in [0.4, 0.5) is 0 Å². The minimum atomic E-state index is -3.74. The molecule has 0 atom stereocenters. The third kappa shape index (κ3) is 3.34. The van der Waals surface area contributed by atoms with Crippen LogP contribution in [0.25, 0.3) is 11.3 Å². The van der Waals surface area contributed by atoms with Crippen LogP contribution in [-0.4, -0.2) is 56.3 Å². The van der Waals surface area contributed by atoms with Crippen LogP contribution in [0.5, 0.6) is 5.75 Å². The molecule has 150 valence electrons. The van der Waals surface area contributed by atoms with Crippen LogP contribution in [0.3, 0.4) is 0 Å². The van der Waals surface area contributed by atoms with Crippen molar-refractivity contribution in [1.29, 1.82) is 0 Å². The smallest absolute Gasteiger partial charge is 0.267 e. The molecule has 2 aromatic rings. The van der Waals surface area contributed by atoms with E-state index in [9.17, 15) is 13.2 Å². The molecule has 0 spiro atoms. The molecule has 1 N–H and O–H groups in total. The third-order valence-electron chi connectivity index (χ3n) is 5.32. The van der Waals surface area contributed by atoms with Gasteiger partial charge in [0.2, 0.25) is 10.0 Å². The first-order chi connectivity index (χ1) is 13.5. The molecule has 0 amide bonds. The van der Waals surface area contributed by atoms with Gasteiger partial charge in [-0.15, -0.1) is 0 Å². The number of methoxy groups -OCH3 is 1. The van der Waals surface area contributed by atoms with Gasteiger partial charge < -0.3 is 9.47 Å². The predicted octanol–water partition coefficient (Wildman–Crippen LogP) is 1.35. The summed E-state index contributed by atoms with van der Waals surface area (Å²) in [4.78, 5) is 12.2. The molecule has 1 aliphatic heterocycles. The summed E-state index contributed by atoms with van der Waals surface area (Å²) >= 11 is 0. The summed E-state index contributed by atoms with van der Waals surface area (Å²) in [5, 5.41) is 6.81. The number of fused-ring (bicyclic) bond motifs is 1. The number of ether oxygens (including phenoxy) is 2. The van der Waals surface area contributed by atoms with E-state index in [1.54, 1.807) is 18.2 Å². The molecule has 8 nitrogen and oxygen atoms in total. The number of nitrogens with zero attached hydrogens (tertiary/aromatic N) is 2. The minimum absolute atomic E-state index is 0.104. The molecule has 9 heteroatoms. The molecular weight excluding hydrogens is 382 g/mol. The summed E-state index contributed by atoms with van der Waals surface area (Å²) in [6, 6.07) is 5.02. The highest BCUT2D eigenvalue weighted by molar-refractivity contribution is 7.89. The Morgan fingerprint density at radius 1 is 1.14 bits per heavy atom. The fourth-order valence-electron chi connectivity index (χ4n) is 3.85. The summed E-state index contributed by atoms with van der Waals surface area (Å²) in [6.07, 6.45) is 3.44. The van der Waals surface area contributed by atoms with Crippen LogP contribution in [-0.2, 0) is 27.6 Å². The van der Waals surface area contributed by atoms with Crippen molar-refractivity contribution >= 4 is 10.0 Å². The lowest BCUT2D eigenvalue weighted by Gasteiger charge is -2.27. The Hall–Kier alpha value is -2.23. The molecule has 1 aromatic carbocycles. The molecule has 1 saturated heterocycles. The highest BCUT2D eigenvalue weighted by Gasteiger charge is 2.30. The first-order valence-electron chi connectivity index (χ1n) is 9.39. The molecule has 1 fully saturated rings. The van der Waals surface area contributed by atoms with Crippen molar-refractivity contribution in [2.75, 3.05) is 33.4 Å². The first-order valence-corrected chi connectivity index (χ1v) is 10.8. The second-order valence-electron chi connectivity index (χ2n) is 6.95. The Morgan fingerprint density at radius 2 is 1.86 bits per heavy atom. The summed E-state index contributed by atoms with van der Waals surface area (Å²) in [7, 11) is -2.28. The van der Waals surface area contributed by atoms with Crippen LogP contribution in [0.1, 0.15) is 24.0 Å². The van der Waals surface area contributed by atoms with Crippen LogP contribution in [0, 0.1) is 0 Å². The van der Waals surface area contributed by atoms with E-state index in [-0.39, 0.29) is 16.2 Å². The van der Waals surface area contributed by atoms with Gasteiger partial charge in [-0.3, -0.25) is 4.79 Å². The number of rotatable bonds is 4. The van der Waals surface area contributed by atoms with E-state index in [0.717, 1.165) is 36.8 Å². The van der Waals surface area contributed by atoms with Crippen molar-refractivity contribution in [3.63, 3.8) is 0 Å². The van der Waals surface area contributed by atoms with Crippen LogP contribution < -0.4 is 10.3 Å². The lowest BCUT2D eigenvalue weighted by Crippen LogP contribution is -2.40. The number of hydrogen-bond acceptors (Lipinski definition) is 6. The average molecular weight is 405 g/mol. The van der Waals surface area contributed by atoms with Crippen molar-refractivity contribution < 1.29 is 17.9 Å². The van der Waals surface area contributed by atoms with E-state index in [1.807, 2.05) is 0 Å². The summed E-state index contributed by atoms with van der Waals surface area (Å²) in [5.74, 6) is 0.286. The van der Waals surface area contributed by atoms with Gasteiger partial charge in [-0.1, -0.05) is 0 Å². The van der Waals surface area contributed by atoms with E-state index < -0.39 is 10.0 Å².